The van der Waals surface area contributed by atoms with Crippen LogP contribution in [0.4, 0.5) is 4.39 Å². The molecule has 0 saturated heterocycles. The minimum Gasteiger partial charge on any atom is -0.364 e. The zero-order valence-electron chi connectivity index (χ0n) is 17.6. The Morgan fingerprint density at radius 3 is 2.88 bits per heavy atom. The van der Waals surface area contributed by atoms with Crippen molar-refractivity contribution in [3.05, 3.63) is 75.2 Å². The highest BCUT2D eigenvalue weighted by molar-refractivity contribution is 6.34. The number of hydrogen-bond donors (Lipinski definition) is 2. The fraction of sp³-hybridized carbons (Fsp3) is 0.333. The predicted octanol–water partition coefficient (Wildman–Crippen LogP) is 4.19. The van der Waals surface area contributed by atoms with Crippen molar-refractivity contribution in [1.82, 2.24) is 15.1 Å². The van der Waals surface area contributed by atoms with Gasteiger partial charge in [-0.1, -0.05) is 29.8 Å². The molecule has 3 aromatic rings. The Labute approximate surface area is 190 Å². The van der Waals surface area contributed by atoms with Crippen molar-refractivity contribution < 1.29 is 19.0 Å². The Bertz CT molecular complexity index is 1210. The van der Waals surface area contributed by atoms with E-state index in [1.807, 2.05) is 12.1 Å². The van der Waals surface area contributed by atoms with Crippen LogP contribution in [0, 0.1) is 5.82 Å². The second kappa shape index (κ2) is 8.41. The normalized spacial score (nSPS) is 16.6. The second-order valence-corrected chi connectivity index (χ2v) is 8.63. The Morgan fingerprint density at radius 1 is 1.34 bits per heavy atom. The molecule has 1 fully saturated rings. The maximum Gasteiger partial charge on any atom is 0.280 e. The van der Waals surface area contributed by atoms with E-state index in [1.165, 1.54) is 17.9 Å². The van der Waals surface area contributed by atoms with Gasteiger partial charge in [0.2, 0.25) is 0 Å². The number of rotatable bonds is 5. The molecule has 1 saturated carbocycles. The van der Waals surface area contributed by atoms with Gasteiger partial charge in [-0.3, -0.25) is 4.79 Å². The third kappa shape index (κ3) is 3.65. The summed E-state index contributed by atoms with van der Waals surface area (Å²) < 4.78 is 21.3. The van der Waals surface area contributed by atoms with E-state index in [9.17, 15) is 9.90 Å². The van der Waals surface area contributed by atoms with E-state index < -0.39 is 12.1 Å². The van der Waals surface area contributed by atoms with Gasteiger partial charge in [0, 0.05) is 30.3 Å². The molecular formula is C24H23ClFN3O3. The van der Waals surface area contributed by atoms with Crippen molar-refractivity contribution in [2.75, 3.05) is 13.7 Å². The molecule has 0 bridgehead atoms. The summed E-state index contributed by atoms with van der Waals surface area (Å²) in [5.74, 6) is -0.488. The lowest BCUT2D eigenvalue weighted by atomic mass is 9.99. The van der Waals surface area contributed by atoms with E-state index in [0.29, 0.717) is 47.3 Å². The summed E-state index contributed by atoms with van der Waals surface area (Å²) in [5, 5.41) is 18.1. The van der Waals surface area contributed by atoms with Crippen LogP contribution < -0.4 is 5.32 Å². The lowest BCUT2D eigenvalue weighted by molar-refractivity contribution is -0.0770. The summed E-state index contributed by atoms with van der Waals surface area (Å²) in [7, 11) is 1.34. The monoisotopic (exact) mass is 455 g/mol. The summed E-state index contributed by atoms with van der Waals surface area (Å²) in [6.07, 6.45) is 1.49. The van der Waals surface area contributed by atoms with E-state index in [1.54, 1.807) is 18.2 Å². The fourth-order valence-corrected chi connectivity index (χ4v) is 4.62. The number of carbonyl (C=O) groups is 1. The highest BCUT2D eigenvalue weighted by Crippen LogP contribution is 2.43. The van der Waals surface area contributed by atoms with E-state index in [2.05, 4.69) is 10.4 Å². The van der Waals surface area contributed by atoms with Crippen molar-refractivity contribution >= 4 is 17.5 Å². The summed E-state index contributed by atoms with van der Waals surface area (Å²) in [4.78, 5) is 13.6. The van der Waals surface area contributed by atoms with E-state index >= 15 is 4.39 Å². The first-order valence-electron chi connectivity index (χ1n) is 10.6. The van der Waals surface area contributed by atoms with Crippen LogP contribution in [0.2, 0.25) is 5.02 Å². The summed E-state index contributed by atoms with van der Waals surface area (Å²) in [5.41, 5.74) is 4.01. The topological polar surface area (TPSA) is 76.4 Å². The van der Waals surface area contributed by atoms with Crippen molar-refractivity contribution in [3.8, 4) is 11.3 Å². The first-order chi connectivity index (χ1) is 15.5. The third-order valence-corrected chi connectivity index (χ3v) is 6.47. The van der Waals surface area contributed by atoms with E-state index in [-0.39, 0.29) is 11.5 Å². The smallest absolute Gasteiger partial charge is 0.280 e. The first-order valence-corrected chi connectivity index (χ1v) is 11.0. The Kier molecular flexibility index (Phi) is 5.59. The van der Waals surface area contributed by atoms with Gasteiger partial charge in [-0.2, -0.15) is 9.78 Å². The number of aliphatic hydroxyl groups is 1. The molecule has 0 amide bonds. The fourth-order valence-electron chi connectivity index (χ4n) is 4.35. The van der Waals surface area contributed by atoms with Crippen LogP contribution in [0.5, 0.6) is 0 Å². The van der Waals surface area contributed by atoms with Crippen LogP contribution in [0.1, 0.15) is 57.8 Å². The summed E-state index contributed by atoms with van der Waals surface area (Å²) in [6, 6.07) is 9.93. The Hall–Kier alpha value is -2.58. The lowest BCUT2D eigenvalue weighted by Gasteiger charge is -2.16. The van der Waals surface area contributed by atoms with Gasteiger partial charge in [-0.05, 0) is 55.5 Å². The van der Waals surface area contributed by atoms with E-state index in [0.717, 1.165) is 29.7 Å². The van der Waals surface area contributed by atoms with E-state index in [4.69, 9.17) is 16.3 Å². The minimum atomic E-state index is -1.21. The number of halogens is 2. The molecule has 32 heavy (non-hydrogen) atoms. The molecule has 2 aliphatic rings. The average molecular weight is 456 g/mol. The van der Waals surface area contributed by atoms with Gasteiger partial charge in [0.1, 0.15) is 5.82 Å². The molecule has 1 unspecified atom stereocenters. The third-order valence-electron chi connectivity index (χ3n) is 6.16. The van der Waals surface area contributed by atoms with Crippen molar-refractivity contribution in [2.24, 2.45) is 0 Å². The number of nitrogens with one attached hydrogen (secondary N) is 1. The molecule has 8 heteroatoms. The molecule has 1 atom stereocenters. The van der Waals surface area contributed by atoms with Crippen LogP contribution in [0.3, 0.4) is 0 Å². The van der Waals surface area contributed by atoms with Crippen LogP contribution >= 0.6 is 11.6 Å². The number of aromatic nitrogens is 2. The quantitative estimate of drug-likeness (QED) is 0.564. The van der Waals surface area contributed by atoms with Crippen molar-refractivity contribution in [3.63, 3.8) is 0 Å². The number of benzene rings is 2. The van der Waals surface area contributed by atoms with Crippen LogP contribution in [-0.2, 0) is 17.7 Å². The van der Waals surface area contributed by atoms with Gasteiger partial charge >= 0.3 is 0 Å². The van der Waals surface area contributed by atoms with Gasteiger partial charge in [0.25, 0.3) is 5.91 Å². The molecule has 6 nitrogen and oxygen atoms in total. The SMILES string of the molecule is COC(O)c1ccc(-c2nn(C(=O)c3c(Cl)cccc3C3CC3)c3c2CCNC3)c(F)c1. The maximum absolute atomic E-state index is 15.0. The maximum atomic E-state index is 15.0. The highest BCUT2D eigenvalue weighted by Gasteiger charge is 2.32. The molecule has 1 aliphatic heterocycles. The highest BCUT2D eigenvalue weighted by atomic mass is 35.5. The molecule has 5 rings (SSSR count). The van der Waals surface area contributed by atoms with Crippen molar-refractivity contribution in [2.45, 2.75) is 38.0 Å². The van der Waals surface area contributed by atoms with Crippen molar-refractivity contribution in [1.29, 1.82) is 0 Å². The van der Waals surface area contributed by atoms with Gasteiger partial charge in [-0.25, -0.2) is 4.39 Å². The molecular weight excluding hydrogens is 433 g/mol. The number of ether oxygens (including phenoxy) is 1. The number of fused-ring (bicyclic) bond motifs is 1. The molecule has 2 N–H and O–H groups in total. The van der Waals surface area contributed by atoms with Crippen LogP contribution in [0.15, 0.2) is 36.4 Å². The number of aliphatic hydroxyl groups excluding tert-OH is 1. The molecule has 0 radical (unpaired) electrons. The number of hydrogen-bond acceptors (Lipinski definition) is 5. The number of methoxy groups -OCH3 is 1. The molecule has 2 heterocycles. The summed E-state index contributed by atoms with van der Waals surface area (Å²) >= 11 is 6.47. The van der Waals surface area contributed by atoms with Crippen LogP contribution in [0.25, 0.3) is 11.3 Å². The second-order valence-electron chi connectivity index (χ2n) is 8.22. The molecule has 166 valence electrons. The lowest BCUT2D eigenvalue weighted by Crippen LogP contribution is -2.28. The first kappa shape index (κ1) is 21.3. The summed E-state index contributed by atoms with van der Waals surface area (Å²) in [6.45, 7) is 1.17. The van der Waals surface area contributed by atoms with Gasteiger partial charge < -0.3 is 15.2 Å². The van der Waals surface area contributed by atoms with Gasteiger partial charge in [0.15, 0.2) is 6.29 Å². The zero-order chi connectivity index (χ0) is 22.4. The average Bonchev–Trinajstić information content (AvgIpc) is 3.58. The zero-order valence-corrected chi connectivity index (χ0v) is 18.3. The molecule has 1 aromatic heterocycles. The van der Waals surface area contributed by atoms with Crippen LogP contribution in [-0.4, -0.2) is 34.4 Å². The molecule has 0 spiro atoms. The minimum absolute atomic E-state index is 0.281. The molecule has 2 aromatic carbocycles. The van der Waals surface area contributed by atoms with Gasteiger partial charge in [0.05, 0.1) is 22.0 Å². The Morgan fingerprint density at radius 2 is 2.16 bits per heavy atom. The standard InChI is InChI=1S/C24H23ClFN3O3/c1-32-24(31)14-7-8-16(19(26)11-14)22-17-9-10-27-12-20(17)29(28-22)23(30)21-15(13-5-6-13)3-2-4-18(21)25/h2-4,7-8,11,13,24,27,31H,5-6,9-10,12H2,1H3. The number of nitrogens with zero attached hydrogens (tertiary/aromatic N) is 2. The predicted molar refractivity (Wildman–Crippen MR) is 118 cm³/mol. The van der Waals surface area contributed by atoms with Gasteiger partial charge in [-0.15, -0.1) is 0 Å². The Balaban J connectivity index is 1.62. The largest absolute Gasteiger partial charge is 0.364 e. The number of carbonyl (C=O) groups excluding carboxylic acids is 1. The molecule has 1 aliphatic carbocycles.